The van der Waals surface area contributed by atoms with Crippen LogP contribution in [0.5, 0.6) is 0 Å². The van der Waals surface area contributed by atoms with Crippen LogP contribution >= 0.6 is 0 Å². The Balaban J connectivity index is 2.36. The Morgan fingerprint density at radius 1 is 1.50 bits per heavy atom. The van der Waals surface area contributed by atoms with Gasteiger partial charge in [0.1, 0.15) is 0 Å². The Morgan fingerprint density at radius 2 is 2.25 bits per heavy atom. The zero-order chi connectivity index (χ0) is 12.0. The Hall–Kier alpha value is -1.36. The quantitative estimate of drug-likeness (QED) is 0.754. The summed E-state index contributed by atoms with van der Waals surface area (Å²) in [6, 6.07) is 2.24. The van der Waals surface area contributed by atoms with Gasteiger partial charge in [-0.2, -0.15) is 5.10 Å². The lowest BCUT2D eigenvalue weighted by Gasteiger charge is -2.25. The summed E-state index contributed by atoms with van der Waals surface area (Å²) in [5.74, 6) is -0.746. The van der Waals surface area contributed by atoms with Crippen molar-refractivity contribution >= 4 is 5.97 Å². The third kappa shape index (κ3) is 4.44. The normalized spacial score (nSPS) is 11.2. The first kappa shape index (κ1) is 12.7. The number of carboxylic acid groups (broad SMARTS) is 1. The molecule has 0 aromatic carbocycles. The molecule has 0 radical (unpaired) electrons. The van der Waals surface area contributed by atoms with Gasteiger partial charge in [0.2, 0.25) is 0 Å². The number of rotatable bonds is 7. The SMILES string of the molecule is CC(C)N(CCC(=O)O)CCn1cccn1. The summed E-state index contributed by atoms with van der Waals surface area (Å²) in [5, 5.41) is 12.8. The maximum atomic E-state index is 10.5. The number of nitrogens with zero attached hydrogens (tertiary/aromatic N) is 3. The maximum absolute atomic E-state index is 10.5. The summed E-state index contributed by atoms with van der Waals surface area (Å²) in [6.45, 7) is 6.36. The molecular formula is C11H19N3O2. The predicted octanol–water partition coefficient (Wildman–Crippen LogP) is 1.07. The lowest BCUT2D eigenvalue weighted by Crippen LogP contribution is -2.35. The minimum absolute atomic E-state index is 0.192. The highest BCUT2D eigenvalue weighted by atomic mass is 16.4. The number of carbonyl (C=O) groups is 1. The highest BCUT2D eigenvalue weighted by Gasteiger charge is 2.10. The largest absolute Gasteiger partial charge is 0.481 e. The molecule has 1 aromatic heterocycles. The van der Waals surface area contributed by atoms with E-state index >= 15 is 0 Å². The van der Waals surface area contributed by atoms with Crippen molar-refractivity contribution in [1.82, 2.24) is 14.7 Å². The van der Waals surface area contributed by atoms with E-state index in [1.54, 1.807) is 6.20 Å². The molecule has 0 amide bonds. The highest BCUT2D eigenvalue weighted by molar-refractivity contribution is 5.66. The summed E-state index contributed by atoms with van der Waals surface area (Å²) in [6.07, 6.45) is 3.85. The van der Waals surface area contributed by atoms with Crippen LogP contribution in [0.25, 0.3) is 0 Å². The smallest absolute Gasteiger partial charge is 0.304 e. The molecule has 1 N–H and O–H groups in total. The summed E-state index contributed by atoms with van der Waals surface area (Å²) < 4.78 is 1.86. The van der Waals surface area contributed by atoms with E-state index in [1.165, 1.54) is 0 Å². The average Bonchev–Trinajstić information content (AvgIpc) is 2.69. The number of hydrogen-bond donors (Lipinski definition) is 1. The molecule has 0 aliphatic heterocycles. The van der Waals surface area contributed by atoms with Crippen molar-refractivity contribution in [3.05, 3.63) is 18.5 Å². The Morgan fingerprint density at radius 3 is 2.75 bits per heavy atom. The Kier molecular flexibility index (Phi) is 4.98. The summed E-state index contributed by atoms with van der Waals surface area (Å²) in [7, 11) is 0. The van der Waals surface area contributed by atoms with Crippen LogP contribution in [-0.2, 0) is 11.3 Å². The van der Waals surface area contributed by atoms with Gasteiger partial charge < -0.3 is 5.11 Å². The van der Waals surface area contributed by atoms with E-state index in [2.05, 4.69) is 23.8 Å². The number of aromatic nitrogens is 2. The van der Waals surface area contributed by atoms with E-state index in [1.807, 2.05) is 16.9 Å². The molecule has 1 heterocycles. The molecule has 1 aromatic rings. The van der Waals surface area contributed by atoms with E-state index in [4.69, 9.17) is 5.11 Å². The van der Waals surface area contributed by atoms with Gasteiger partial charge in [-0.1, -0.05) is 0 Å². The van der Waals surface area contributed by atoms with E-state index in [0.717, 1.165) is 13.1 Å². The standard InChI is InChI=1S/C11H19N3O2/c1-10(2)13(7-4-11(15)16)8-9-14-6-3-5-12-14/h3,5-6,10H,4,7-9H2,1-2H3,(H,15,16). The molecule has 16 heavy (non-hydrogen) atoms. The zero-order valence-corrected chi connectivity index (χ0v) is 9.83. The predicted molar refractivity (Wildman–Crippen MR) is 61.2 cm³/mol. The summed E-state index contributed by atoms with van der Waals surface area (Å²) in [5.41, 5.74) is 0. The van der Waals surface area contributed by atoms with Gasteiger partial charge in [-0.3, -0.25) is 14.4 Å². The molecule has 0 atom stereocenters. The minimum atomic E-state index is -0.746. The second-order valence-corrected chi connectivity index (χ2v) is 4.04. The number of hydrogen-bond acceptors (Lipinski definition) is 3. The van der Waals surface area contributed by atoms with Gasteiger partial charge in [0.15, 0.2) is 0 Å². The zero-order valence-electron chi connectivity index (χ0n) is 9.83. The van der Waals surface area contributed by atoms with Crippen LogP contribution in [0.2, 0.25) is 0 Å². The fraction of sp³-hybridized carbons (Fsp3) is 0.636. The van der Waals surface area contributed by atoms with Crippen LogP contribution in [0.1, 0.15) is 20.3 Å². The second kappa shape index (κ2) is 6.27. The summed E-state index contributed by atoms with van der Waals surface area (Å²) in [4.78, 5) is 12.7. The van der Waals surface area contributed by atoms with Crippen molar-refractivity contribution in [3.8, 4) is 0 Å². The van der Waals surface area contributed by atoms with Gasteiger partial charge in [-0.05, 0) is 19.9 Å². The van der Waals surface area contributed by atoms with E-state index in [9.17, 15) is 4.79 Å². The van der Waals surface area contributed by atoms with E-state index in [-0.39, 0.29) is 6.42 Å². The second-order valence-electron chi connectivity index (χ2n) is 4.04. The van der Waals surface area contributed by atoms with Gasteiger partial charge >= 0.3 is 5.97 Å². The number of carboxylic acids is 1. The maximum Gasteiger partial charge on any atom is 0.304 e. The third-order valence-electron chi connectivity index (χ3n) is 2.52. The fourth-order valence-electron chi connectivity index (χ4n) is 1.53. The molecule has 90 valence electrons. The van der Waals surface area contributed by atoms with Crippen molar-refractivity contribution in [2.24, 2.45) is 0 Å². The molecule has 0 fully saturated rings. The Labute approximate surface area is 95.7 Å². The Bertz CT molecular complexity index is 309. The van der Waals surface area contributed by atoms with Gasteiger partial charge in [0.05, 0.1) is 13.0 Å². The lowest BCUT2D eigenvalue weighted by molar-refractivity contribution is -0.137. The first-order chi connectivity index (χ1) is 7.59. The lowest BCUT2D eigenvalue weighted by atomic mass is 10.3. The highest BCUT2D eigenvalue weighted by Crippen LogP contribution is 2.00. The molecule has 0 unspecified atom stereocenters. The van der Waals surface area contributed by atoms with Gasteiger partial charge in [-0.25, -0.2) is 0 Å². The summed E-state index contributed by atoms with van der Waals surface area (Å²) >= 11 is 0. The first-order valence-corrected chi connectivity index (χ1v) is 5.53. The molecule has 0 aliphatic carbocycles. The van der Waals surface area contributed by atoms with Crippen molar-refractivity contribution in [3.63, 3.8) is 0 Å². The van der Waals surface area contributed by atoms with Crippen LogP contribution in [-0.4, -0.2) is 44.9 Å². The van der Waals surface area contributed by atoms with E-state index in [0.29, 0.717) is 12.6 Å². The molecule has 5 heteroatoms. The molecule has 0 bridgehead atoms. The first-order valence-electron chi connectivity index (χ1n) is 5.53. The molecule has 5 nitrogen and oxygen atoms in total. The van der Waals surface area contributed by atoms with Crippen LogP contribution in [0.4, 0.5) is 0 Å². The molecule has 0 saturated carbocycles. The molecule has 0 saturated heterocycles. The van der Waals surface area contributed by atoms with Crippen LogP contribution in [0.15, 0.2) is 18.5 Å². The average molecular weight is 225 g/mol. The molecule has 0 aliphatic rings. The minimum Gasteiger partial charge on any atom is -0.481 e. The van der Waals surface area contributed by atoms with Gasteiger partial charge in [0.25, 0.3) is 0 Å². The van der Waals surface area contributed by atoms with Crippen LogP contribution in [0.3, 0.4) is 0 Å². The van der Waals surface area contributed by atoms with Crippen LogP contribution < -0.4 is 0 Å². The fourth-order valence-corrected chi connectivity index (χ4v) is 1.53. The third-order valence-corrected chi connectivity index (χ3v) is 2.52. The van der Waals surface area contributed by atoms with Crippen LogP contribution in [0, 0.1) is 0 Å². The monoisotopic (exact) mass is 225 g/mol. The number of aliphatic carboxylic acids is 1. The molecule has 1 rings (SSSR count). The van der Waals surface area contributed by atoms with E-state index < -0.39 is 5.97 Å². The van der Waals surface area contributed by atoms with Crippen molar-refractivity contribution < 1.29 is 9.90 Å². The molecule has 0 spiro atoms. The van der Waals surface area contributed by atoms with Crippen molar-refractivity contribution in [2.45, 2.75) is 32.9 Å². The van der Waals surface area contributed by atoms with Gasteiger partial charge in [0, 0.05) is 31.5 Å². The van der Waals surface area contributed by atoms with Gasteiger partial charge in [-0.15, -0.1) is 0 Å². The molecular weight excluding hydrogens is 206 g/mol. The topological polar surface area (TPSA) is 58.4 Å². The van der Waals surface area contributed by atoms with Crippen molar-refractivity contribution in [2.75, 3.05) is 13.1 Å². The van der Waals surface area contributed by atoms with Crippen molar-refractivity contribution in [1.29, 1.82) is 0 Å².